The fourth-order valence-corrected chi connectivity index (χ4v) is 0.845. The van der Waals surface area contributed by atoms with Gasteiger partial charge in [-0.1, -0.05) is 0 Å². The second kappa shape index (κ2) is 2.62. The molecule has 66 valence electrons. The van der Waals surface area contributed by atoms with Crippen molar-refractivity contribution >= 4 is 6.16 Å². The van der Waals surface area contributed by atoms with Gasteiger partial charge in [0.05, 0.1) is 0 Å². The minimum Gasteiger partial charge on any atom is -0.379 e. The molecule has 0 spiro atoms. The summed E-state index contributed by atoms with van der Waals surface area (Å²) in [5, 5.41) is 17.2. The van der Waals surface area contributed by atoms with E-state index in [1.54, 1.807) is 0 Å². The maximum atomic E-state index is 10.7. The summed E-state index contributed by atoms with van der Waals surface area (Å²) in [6, 6.07) is 2.59. The highest BCUT2D eigenvalue weighted by atomic mass is 16.8. The Morgan fingerprint density at radius 1 is 1.21 bits per heavy atom. The van der Waals surface area contributed by atoms with Crippen molar-refractivity contribution < 1.29 is 14.3 Å². The second-order valence-electron chi connectivity index (χ2n) is 2.19. The average Bonchev–Trinajstić information content (AvgIpc) is 2.51. The van der Waals surface area contributed by atoms with E-state index >= 15 is 0 Å². The Labute approximate surface area is 78.3 Å². The van der Waals surface area contributed by atoms with E-state index in [9.17, 15) is 4.79 Å². The number of cyclic esters (lactones) is 2. The van der Waals surface area contributed by atoms with Crippen LogP contribution in [-0.4, -0.2) is 17.6 Å². The third kappa shape index (κ3) is 0.784. The molecule has 1 aliphatic rings. The molecule has 0 aromatic carbocycles. The molecule has 0 saturated carbocycles. The van der Waals surface area contributed by atoms with Gasteiger partial charge in [-0.05, 0) is 0 Å². The fourth-order valence-electron chi connectivity index (χ4n) is 0.845. The first-order valence-electron chi connectivity index (χ1n) is 3.11. The summed E-state index contributed by atoms with van der Waals surface area (Å²) in [5.74, 6) is -2.55. The van der Waals surface area contributed by atoms with Crippen LogP contribution in [0, 0.1) is 35.8 Å². The molecule has 7 heteroatoms. The van der Waals surface area contributed by atoms with Crippen LogP contribution in [-0.2, 0) is 9.47 Å². The van der Waals surface area contributed by atoms with Crippen molar-refractivity contribution in [3.05, 3.63) is 22.8 Å². The van der Waals surface area contributed by atoms with Gasteiger partial charge in [0.25, 0.3) is 0 Å². The van der Waals surface area contributed by atoms with Gasteiger partial charge in [-0.25, -0.2) is 17.9 Å². The zero-order valence-corrected chi connectivity index (χ0v) is 6.51. The monoisotopic (exact) mass is 188 g/mol. The number of hydrogen-bond donors (Lipinski definition) is 0. The fraction of sp³-hybridized carbons (Fsp3) is 0.286. The molecule has 0 amide bonds. The van der Waals surface area contributed by atoms with Crippen molar-refractivity contribution in [1.29, 1.82) is 10.5 Å². The number of ether oxygens (including phenoxy) is 2. The van der Waals surface area contributed by atoms with E-state index < -0.39 is 17.6 Å². The molecular weight excluding hydrogens is 188 g/mol. The first-order chi connectivity index (χ1) is 6.59. The molecule has 0 bridgehead atoms. The molecule has 1 aliphatic heterocycles. The highest BCUT2D eigenvalue weighted by Crippen LogP contribution is 2.39. The van der Waals surface area contributed by atoms with E-state index in [0.717, 1.165) is 0 Å². The van der Waals surface area contributed by atoms with Crippen molar-refractivity contribution in [3.63, 3.8) is 0 Å². The first-order valence-corrected chi connectivity index (χ1v) is 3.11. The Morgan fingerprint density at radius 3 is 2.00 bits per heavy atom. The summed E-state index contributed by atoms with van der Waals surface area (Å²) in [7, 11) is 0. The number of rotatable bonds is 0. The van der Waals surface area contributed by atoms with Gasteiger partial charge < -0.3 is 4.74 Å². The second-order valence-corrected chi connectivity index (χ2v) is 2.19. The van der Waals surface area contributed by atoms with Crippen LogP contribution in [0.2, 0.25) is 0 Å². The standard InChI is InChI=1S/C7N4O3/c1-10-7(11-2)6(3-8,4-9)13-5(12)14-7. The van der Waals surface area contributed by atoms with Gasteiger partial charge in [-0.15, -0.1) is 0 Å². The quantitative estimate of drug-likeness (QED) is 0.406. The van der Waals surface area contributed by atoms with Crippen molar-refractivity contribution in [3.8, 4) is 12.1 Å². The molecule has 1 saturated heterocycles. The number of nitriles is 2. The van der Waals surface area contributed by atoms with Gasteiger partial charge in [-0.2, -0.15) is 20.2 Å². The number of nitrogens with zero attached hydrogens (tertiary/aromatic N) is 4. The molecule has 14 heavy (non-hydrogen) atoms. The SMILES string of the molecule is [C-]#[N+]C1([N+]#[C-])OC(=O)OC1(C#N)C#N. The van der Waals surface area contributed by atoms with Gasteiger partial charge in [0.2, 0.25) is 0 Å². The number of carbonyl (C=O) groups excluding carboxylic acids is 1. The minimum absolute atomic E-state index is 1.29. The van der Waals surface area contributed by atoms with Crippen LogP contribution in [0.4, 0.5) is 4.79 Å². The first kappa shape index (κ1) is 9.32. The molecule has 7 nitrogen and oxygen atoms in total. The largest absolute Gasteiger partial charge is 0.731 e. The minimum atomic E-state index is -2.55. The normalized spacial score (nSPS) is 20.1. The van der Waals surface area contributed by atoms with E-state index in [-0.39, 0.29) is 0 Å². The summed E-state index contributed by atoms with van der Waals surface area (Å²) in [4.78, 5) is 16.0. The van der Waals surface area contributed by atoms with Crippen molar-refractivity contribution in [1.82, 2.24) is 0 Å². The molecule has 1 fully saturated rings. The van der Waals surface area contributed by atoms with Crippen LogP contribution in [0.1, 0.15) is 0 Å². The van der Waals surface area contributed by atoms with Crippen LogP contribution in [0.5, 0.6) is 0 Å². The highest BCUT2D eigenvalue weighted by Gasteiger charge is 2.82. The van der Waals surface area contributed by atoms with Crippen LogP contribution in [0.15, 0.2) is 0 Å². The summed E-state index contributed by atoms with van der Waals surface area (Å²) in [5.41, 5.74) is -2.51. The van der Waals surface area contributed by atoms with Gasteiger partial charge >= 0.3 is 17.6 Å². The van der Waals surface area contributed by atoms with Crippen LogP contribution >= 0.6 is 0 Å². The zero-order chi connectivity index (χ0) is 10.8. The maximum Gasteiger partial charge on any atom is 0.731 e. The molecule has 0 N–H and O–H groups in total. The molecular formula is C7N4O3. The Kier molecular flexibility index (Phi) is 1.75. The predicted octanol–water partition coefficient (Wildman–Crippen LogP) is 0.432. The Balaban J connectivity index is 3.43. The van der Waals surface area contributed by atoms with Gasteiger partial charge in [0.1, 0.15) is 0 Å². The smallest absolute Gasteiger partial charge is 0.379 e. The van der Waals surface area contributed by atoms with E-state index in [1.807, 2.05) is 0 Å². The lowest BCUT2D eigenvalue weighted by atomic mass is 10.0. The van der Waals surface area contributed by atoms with Gasteiger partial charge in [0.15, 0.2) is 12.1 Å². The van der Waals surface area contributed by atoms with Crippen LogP contribution < -0.4 is 0 Å². The lowest BCUT2D eigenvalue weighted by Crippen LogP contribution is -2.44. The van der Waals surface area contributed by atoms with E-state index in [4.69, 9.17) is 23.7 Å². The average molecular weight is 188 g/mol. The molecule has 1 heterocycles. The summed E-state index contributed by atoms with van der Waals surface area (Å²) in [6.45, 7) is 13.3. The number of hydrogen-bond acceptors (Lipinski definition) is 5. The predicted molar refractivity (Wildman–Crippen MR) is 37.5 cm³/mol. The van der Waals surface area contributed by atoms with E-state index in [1.165, 1.54) is 12.1 Å². The molecule has 0 aliphatic carbocycles. The molecule has 0 aromatic heterocycles. The number of carbonyl (C=O) groups is 1. The molecule has 0 unspecified atom stereocenters. The van der Waals surface area contributed by atoms with Gasteiger partial charge in [-0.3, -0.25) is 4.74 Å². The van der Waals surface area contributed by atoms with Crippen LogP contribution in [0.25, 0.3) is 9.69 Å². The summed E-state index contributed by atoms with van der Waals surface area (Å²) >= 11 is 0. The Morgan fingerprint density at radius 2 is 1.71 bits per heavy atom. The molecule has 0 radical (unpaired) electrons. The Bertz CT molecular complexity index is 385. The van der Waals surface area contributed by atoms with Crippen molar-refractivity contribution in [2.24, 2.45) is 0 Å². The van der Waals surface area contributed by atoms with Crippen molar-refractivity contribution in [2.45, 2.75) is 11.4 Å². The lowest BCUT2D eigenvalue weighted by Gasteiger charge is -2.05. The summed E-state index contributed by atoms with van der Waals surface area (Å²) < 4.78 is 8.46. The molecule has 0 atom stereocenters. The zero-order valence-electron chi connectivity index (χ0n) is 6.51. The molecule has 0 aromatic rings. The van der Waals surface area contributed by atoms with E-state index in [0.29, 0.717) is 0 Å². The maximum absolute atomic E-state index is 10.7. The molecule has 1 rings (SSSR count). The topological polar surface area (TPSA) is 91.8 Å². The van der Waals surface area contributed by atoms with E-state index in [2.05, 4.69) is 19.2 Å². The Hall–Kier alpha value is -2.77. The third-order valence-electron chi connectivity index (χ3n) is 1.54. The third-order valence-corrected chi connectivity index (χ3v) is 1.54. The van der Waals surface area contributed by atoms with Crippen molar-refractivity contribution in [2.75, 3.05) is 0 Å². The highest BCUT2D eigenvalue weighted by molar-refractivity contribution is 5.68. The summed E-state index contributed by atoms with van der Waals surface area (Å²) in [6.07, 6.45) is -1.37. The van der Waals surface area contributed by atoms with Gasteiger partial charge in [0, 0.05) is 0 Å². The van der Waals surface area contributed by atoms with Crippen LogP contribution in [0.3, 0.4) is 0 Å². The lowest BCUT2D eigenvalue weighted by molar-refractivity contribution is 0.105.